The number of hydrogen-bond donors (Lipinski definition) is 0. The fraction of sp³-hybridized carbons (Fsp3) is 0. The predicted octanol–water partition coefficient (Wildman–Crippen LogP) is 13.3. The molecular formula is C51H33N3. The summed E-state index contributed by atoms with van der Waals surface area (Å²) in [6.45, 7) is 0. The fourth-order valence-electron chi connectivity index (χ4n) is 7.59. The SMILES string of the molecule is c1ccc(-c2ccc3cc(-c4nc(-c5ccc(-c6cccc7ccccc67)cc5)nc(-c5ccc(-c6ccccc6)c6ccccc56)n4)ccc3c2)cc1. The number of benzene rings is 9. The maximum absolute atomic E-state index is 5.20. The zero-order valence-corrected chi connectivity index (χ0v) is 29.4. The molecule has 3 nitrogen and oxygen atoms in total. The van der Waals surface area contributed by atoms with Crippen molar-refractivity contribution >= 4 is 32.3 Å². The molecule has 252 valence electrons. The van der Waals surface area contributed by atoms with Crippen LogP contribution in [0.2, 0.25) is 0 Å². The van der Waals surface area contributed by atoms with E-state index >= 15 is 0 Å². The summed E-state index contributed by atoms with van der Waals surface area (Å²) in [5.41, 5.74) is 9.94. The Bertz CT molecular complexity index is 2970. The monoisotopic (exact) mass is 687 g/mol. The van der Waals surface area contributed by atoms with E-state index in [2.05, 4.69) is 194 Å². The Morgan fingerprint density at radius 3 is 1.43 bits per heavy atom. The topological polar surface area (TPSA) is 38.7 Å². The van der Waals surface area contributed by atoms with Gasteiger partial charge in [0.25, 0.3) is 0 Å². The van der Waals surface area contributed by atoms with Gasteiger partial charge in [-0.3, -0.25) is 0 Å². The molecule has 0 radical (unpaired) electrons. The highest BCUT2D eigenvalue weighted by atomic mass is 15.0. The third-order valence-electron chi connectivity index (χ3n) is 10.3. The minimum absolute atomic E-state index is 0.634. The van der Waals surface area contributed by atoms with Crippen molar-refractivity contribution in [3.05, 3.63) is 200 Å². The van der Waals surface area contributed by atoms with Crippen molar-refractivity contribution in [3.8, 4) is 67.5 Å². The van der Waals surface area contributed by atoms with E-state index in [0.717, 1.165) is 38.4 Å². The van der Waals surface area contributed by atoms with Crippen LogP contribution in [0.5, 0.6) is 0 Å². The first kappa shape index (κ1) is 31.5. The molecule has 0 bridgehead atoms. The summed E-state index contributed by atoms with van der Waals surface area (Å²) in [6, 6.07) is 70.6. The number of nitrogens with zero attached hydrogens (tertiary/aromatic N) is 3. The van der Waals surface area contributed by atoms with Crippen molar-refractivity contribution in [3.63, 3.8) is 0 Å². The van der Waals surface area contributed by atoms with E-state index in [1.807, 2.05) is 6.07 Å². The summed E-state index contributed by atoms with van der Waals surface area (Å²) in [5, 5.41) is 7.01. The van der Waals surface area contributed by atoms with Crippen LogP contribution in [0.25, 0.3) is 99.9 Å². The fourth-order valence-corrected chi connectivity index (χ4v) is 7.59. The van der Waals surface area contributed by atoms with Crippen LogP contribution < -0.4 is 0 Å². The highest BCUT2D eigenvalue weighted by Gasteiger charge is 2.17. The normalized spacial score (nSPS) is 11.3. The van der Waals surface area contributed by atoms with Gasteiger partial charge in [-0.15, -0.1) is 0 Å². The Morgan fingerprint density at radius 1 is 0.222 bits per heavy atom. The lowest BCUT2D eigenvalue weighted by atomic mass is 9.94. The van der Waals surface area contributed by atoms with Gasteiger partial charge in [-0.25, -0.2) is 15.0 Å². The lowest BCUT2D eigenvalue weighted by molar-refractivity contribution is 1.08. The molecule has 54 heavy (non-hydrogen) atoms. The van der Waals surface area contributed by atoms with Gasteiger partial charge in [0, 0.05) is 16.7 Å². The second-order valence-corrected chi connectivity index (χ2v) is 13.6. The number of rotatable bonds is 6. The molecule has 0 spiro atoms. The Balaban J connectivity index is 1.12. The van der Waals surface area contributed by atoms with Crippen molar-refractivity contribution in [2.24, 2.45) is 0 Å². The summed E-state index contributed by atoms with van der Waals surface area (Å²) in [5.74, 6) is 1.91. The first-order valence-corrected chi connectivity index (χ1v) is 18.3. The maximum atomic E-state index is 5.20. The van der Waals surface area contributed by atoms with Crippen molar-refractivity contribution in [2.45, 2.75) is 0 Å². The van der Waals surface area contributed by atoms with E-state index in [4.69, 9.17) is 15.0 Å². The van der Waals surface area contributed by atoms with Gasteiger partial charge in [0.05, 0.1) is 0 Å². The van der Waals surface area contributed by atoms with Crippen LogP contribution in [0, 0.1) is 0 Å². The van der Waals surface area contributed by atoms with Crippen LogP contribution in [0.15, 0.2) is 200 Å². The van der Waals surface area contributed by atoms with Gasteiger partial charge >= 0.3 is 0 Å². The van der Waals surface area contributed by atoms with E-state index in [-0.39, 0.29) is 0 Å². The molecule has 0 saturated heterocycles. The zero-order valence-electron chi connectivity index (χ0n) is 29.4. The van der Waals surface area contributed by atoms with E-state index in [1.54, 1.807) is 0 Å². The highest BCUT2D eigenvalue weighted by Crippen LogP contribution is 2.37. The molecule has 0 aliphatic heterocycles. The molecule has 0 unspecified atom stereocenters. The molecular weight excluding hydrogens is 655 g/mol. The lowest BCUT2D eigenvalue weighted by Crippen LogP contribution is -2.01. The molecule has 0 aliphatic rings. The number of fused-ring (bicyclic) bond motifs is 3. The Labute approximate surface area is 313 Å². The molecule has 10 aromatic rings. The largest absolute Gasteiger partial charge is 0.208 e. The van der Waals surface area contributed by atoms with E-state index in [0.29, 0.717) is 17.5 Å². The molecule has 0 amide bonds. The molecule has 0 aliphatic carbocycles. The van der Waals surface area contributed by atoms with Gasteiger partial charge in [0.2, 0.25) is 0 Å². The summed E-state index contributed by atoms with van der Waals surface area (Å²) in [4.78, 5) is 15.5. The van der Waals surface area contributed by atoms with Crippen molar-refractivity contribution in [1.29, 1.82) is 0 Å². The Morgan fingerprint density at radius 2 is 0.685 bits per heavy atom. The molecule has 10 rings (SSSR count). The van der Waals surface area contributed by atoms with E-state index in [9.17, 15) is 0 Å². The molecule has 0 N–H and O–H groups in total. The average Bonchev–Trinajstić information content (AvgIpc) is 3.26. The minimum atomic E-state index is 0.634. The zero-order chi connectivity index (χ0) is 35.8. The van der Waals surface area contributed by atoms with Crippen LogP contribution in [-0.2, 0) is 0 Å². The van der Waals surface area contributed by atoms with Crippen LogP contribution in [0.1, 0.15) is 0 Å². The van der Waals surface area contributed by atoms with E-state index < -0.39 is 0 Å². The van der Waals surface area contributed by atoms with Crippen molar-refractivity contribution < 1.29 is 0 Å². The van der Waals surface area contributed by atoms with Gasteiger partial charge in [0.1, 0.15) is 0 Å². The average molecular weight is 688 g/mol. The Hall–Kier alpha value is -7.23. The van der Waals surface area contributed by atoms with Crippen LogP contribution in [-0.4, -0.2) is 15.0 Å². The van der Waals surface area contributed by atoms with Gasteiger partial charge in [-0.1, -0.05) is 182 Å². The van der Waals surface area contributed by atoms with Crippen molar-refractivity contribution in [1.82, 2.24) is 15.0 Å². The van der Waals surface area contributed by atoms with Crippen molar-refractivity contribution in [2.75, 3.05) is 0 Å². The molecule has 1 aromatic heterocycles. The summed E-state index contributed by atoms with van der Waals surface area (Å²) < 4.78 is 0. The molecule has 0 saturated carbocycles. The first-order valence-electron chi connectivity index (χ1n) is 18.3. The van der Waals surface area contributed by atoms with Gasteiger partial charge in [-0.05, 0) is 83.9 Å². The third kappa shape index (κ3) is 5.78. The minimum Gasteiger partial charge on any atom is -0.208 e. The van der Waals surface area contributed by atoms with Gasteiger partial charge in [-0.2, -0.15) is 0 Å². The molecule has 1 heterocycles. The quantitative estimate of drug-likeness (QED) is 0.175. The van der Waals surface area contributed by atoms with Crippen LogP contribution in [0.4, 0.5) is 0 Å². The van der Waals surface area contributed by atoms with Crippen LogP contribution in [0.3, 0.4) is 0 Å². The van der Waals surface area contributed by atoms with E-state index in [1.165, 1.54) is 44.0 Å². The predicted molar refractivity (Wildman–Crippen MR) is 225 cm³/mol. The summed E-state index contributed by atoms with van der Waals surface area (Å²) in [7, 11) is 0. The second-order valence-electron chi connectivity index (χ2n) is 13.6. The molecule has 3 heteroatoms. The number of hydrogen-bond acceptors (Lipinski definition) is 3. The maximum Gasteiger partial charge on any atom is 0.164 e. The third-order valence-corrected chi connectivity index (χ3v) is 10.3. The molecule has 9 aromatic carbocycles. The smallest absolute Gasteiger partial charge is 0.164 e. The highest BCUT2D eigenvalue weighted by molar-refractivity contribution is 6.04. The summed E-state index contributed by atoms with van der Waals surface area (Å²) >= 11 is 0. The molecule has 0 atom stereocenters. The standard InChI is InChI=1S/C51H33N3/c1-3-12-34(13-4-1)39-26-27-41-33-42(29-28-40(41)32-39)50-52-49(38-24-22-37(23-25-38)44-21-11-17-36-16-7-8-18-43(36)44)53-51(54-50)48-31-30-45(35-14-5-2-6-15-35)46-19-9-10-20-47(46)48/h1-33H. The second kappa shape index (κ2) is 13.4. The summed E-state index contributed by atoms with van der Waals surface area (Å²) in [6.07, 6.45) is 0. The lowest BCUT2D eigenvalue weighted by Gasteiger charge is -2.13. The Kier molecular flexibility index (Phi) is 7.81. The number of aromatic nitrogens is 3. The van der Waals surface area contributed by atoms with Gasteiger partial charge < -0.3 is 0 Å². The molecule has 0 fully saturated rings. The first-order chi connectivity index (χ1) is 26.7. The van der Waals surface area contributed by atoms with Crippen LogP contribution >= 0.6 is 0 Å². The van der Waals surface area contributed by atoms with Gasteiger partial charge in [0.15, 0.2) is 17.5 Å².